The highest BCUT2D eigenvalue weighted by Gasteiger charge is 2.37. The topological polar surface area (TPSA) is 122 Å². The molecule has 0 saturated heterocycles. The Kier molecular flexibility index (Phi) is 5.88. The minimum atomic E-state index is -1.36. The Hall–Kier alpha value is -2.72. The van der Waals surface area contributed by atoms with Crippen LogP contribution in [0.3, 0.4) is 0 Å². The van der Waals surface area contributed by atoms with Crippen molar-refractivity contribution in [3.05, 3.63) is 39.4 Å². The Labute approximate surface area is 143 Å². The molecule has 1 N–H and O–H groups in total. The number of carbonyl (C=O) groups excluding carboxylic acids is 2. The van der Waals surface area contributed by atoms with Crippen LogP contribution in [-0.2, 0) is 4.84 Å². The van der Waals surface area contributed by atoms with Gasteiger partial charge in [0.1, 0.15) is 19.0 Å². The average Bonchev–Trinajstić information content (AvgIpc) is 2.77. The summed E-state index contributed by atoms with van der Waals surface area (Å²) < 4.78 is 5.54. The van der Waals surface area contributed by atoms with E-state index in [-0.39, 0.29) is 11.1 Å². The third kappa shape index (κ3) is 4.64. The Bertz CT molecular complexity index is 677. The number of imide groups is 1. The molecule has 1 heterocycles. The summed E-state index contributed by atoms with van der Waals surface area (Å²) in [6, 6.07) is 4.56. The molecule has 0 radical (unpaired) electrons. The van der Waals surface area contributed by atoms with Crippen LogP contribution in [0.1, 0.15) is 20.7 Å². The van der Waals surface area contributed by atoms with Crippen LogP contribution in [0.5, 0.6) is 5.75 Å². The number of likely N-dealkylation sites (N-methyl/N-ethyl adjacent to an activating group) is 1. The van der Waals surface area contributed by atoms with Crippen molar-refractivity contribution in [2.24, 2.45) is 0 Å². The van der Waals surface area contributed by atoms with Crippen molar-refractivity contribution in [1.82, 2.24) is 9.80 Å². The Balaban J connectivity index is 2.04. The zero-order valence-corrected chi connectivity index (χ0v) is 13.9. The SMILES string of the molecule is CN(C)CCOc1ccc2c(c1)C(=O)N(CC(O)CO[N+](=O)[O-])C2=O. The van der Waals surface area contributed by atoms with Gasteiger partial charge in [0.25, 0.3) is 16.9 Å². The first-order valence-corrected chi connectivity index (χ1v) is 7.52. The lowest BCUT2D eigenvalue weighted by molar-refractivity contribution is -0.759. The number of nitrogens with zero attached hydrogens (tertiary/aromatic N) is 3. The number of hydrogen-bond acceptors (Lipinski definition) is 8. The molecule has 1 aliphatic heterocycles. The van der Waals surface area contributed by atoms with Crippen molar-refractivity contribution < 1.29 is 29.4 Å². The molecule has 1 atom stereocenters. The number of amides is 2. The molecule has 0 aliphatic carbocycles. The summed E-state index contributed by atoms with van der Waals surface area (Å²) in [5.74, 6) is -0.695. The second-order valence-corrected chi connectivity index (χ2v) is 5.75. The number of ether oxygens (including phenoxy) is 1. The molecule has 1 aromatic rings. The third-order valence-corrected chi connectivity index (χ3v) is 3.52. The fraction of sp³-hybridized carbons (Fsp3) is 0.467. The summed E-state index contributed by atoms with van der Waals surface area (Å²) in [4.78, 5) is 41.6. The molecule has 1 aromatic carbocycles. The van der Waals surface area contributed by atoms with E-state index in [9.17, 15) is 24.8 Å². The highest BCUT2D eigenvalue weighted by atomic mass is 17.0. The van der Waals surface area contributed by atoms with E-state index < -0.39 is 36.2 Å². The molecule has 2 rings (SSSR count). The van der Waals surface area contributed by atoms with Crippen LogP contribution < -0.4 is 4.74 Å². The van der Waals surface area contributed by atoms with Crippen molar-refractivity contribution in [3.63, 3.8) is 0 Å². The Morgan fingerprint density at radius 3 is 2.60 bits per heavy atom. The molecule has 1 aliphatic rings. The summed E-state index contributed by atoms with van der Waals surface area (Å²) in [5.41, 5.74) is 0.377. The smallest absolute Gasteiger partial charge is 0.294 e. The van der Waals surface area contributed by atoms with Gasteiger partial charge in [-0.3, -0.25) is 14.5 Å². The normalized spacial score (nSPS) is 14.6. The summed E-state index contributed by atoms with van der Waals surface area (Å²) >= 11 is 0. The summed E-state index contributed by atoms with van der Waals surface area (Å²) in [5, 5.41) is 18.8. The van der Waals surface area contributed by atoms with Crippen LogP contribution in [0.4, 0.5) is 0 Å². The molecule has 0 aromatic heterocycles. The lowest BCUT2D eigenvalue weighted by Gasteiger charge is -2.17. The van der Waals surface area contributed by atoms with Crippen LogP contribution in [-0.4, -0.2) is 78.3 Å². The largest absolute Gasteiger partial charge is 0.492 e. The van der Waals surface area contributed by atoms with E-state index in [1.54, 1.807) is 6.07 Å². The second-order valence-electron chi connectivity index (χ2n) is 5.75. The number of hydrogen-bond donors (Lipinski definition) is 1. The Morgan fingerprint density at radius 2 is 1.96 bits per heavy atom. The van der Waals surface area contributed by atoms with Crippen LogP contribution in [0.25, 0.3) is 0 Å². The van der Waals surface area contributed by atoms with Gasteiger partial charge in [0.05, 0.1) is 23.8 Å². The molecular formula is C15H19N3O7. The van der Waals surface area contributed by atoms with E-state index in [0.29, 0.717) is 18.9 Å². The fourth-order valence-corrected chi connectivity index (χ4v) is 2.28. The lowest BCUT2D eigenvalue weighted by atomic mass is 10.1. The Morgan fingerprint density at radius 1 is 1.28 bits per heavy atom. The molecule has 25 heavy (non-hydrogen) atoms. The molecular weight excluding hydrogens is 334 g/mol. The number of benzene rings is 1. The first-order chi connectivity index (χ1) is 11.8. The van der Waals surface area contributed by atoms with Crippen molar-refractivity contribution in [1.29, 1.82) is 0 Å². The van der Waals surface area contributed by atoms with Gasteiger partial charge in [0.15, 0.2) is 0 Å². The standard InChI is InChI=1S/C15H19N3O7/c1-16(2)5-6-24-11-3-4-12-13(7-11)15(21)17(14(12)20)8-10(19)9-25-18(22)23/h3-4,7,10,19H,5-6,8-9H2,1-2H3. The van der Waals surface area contributed by atoms with E-state index in [0.717, 1.165) is 4.90 Å². The highest BCUT2D eigenvalue weighted by molar-refractivity contribution is 6.21. The van der Waals surface area contributed by atoms with Gasteiger partial charge in [-0.15, -0.1) is 10.1 Å². The van der Waals surface area contributed by atoms with Crippen molar-refractivity contribution in [2.75, 3.05) is 40.4 Å². The maximum absolute atomic E-state index is 12.4. The van der Waals surface area contributed by atoms with Gasteiger partial charge in [-0.25, -0.2) is 0 Å². The van der Waals surface area contributed by atoms with Gasteiger partial charge >= 0.3 is 0 Å². The molecule has 136 valence electrons. The average molecular weight is 353 g/mol. The van der Waals surface area contributed by atoms with E-state index in [2.05, 4.69) is 4.84 Å². The predicted octanol–water partition coefficient (Wildman–Crippen LogP) is -0.208. The summed E-state index contributed by atoms with van der Waals surface area (Å²) in [6.45, 7) is 0.101. The van der Waals surface area contributed by atoms with Gasteiger partial charge in [-0.05, 0) is 32.3 Å². The van der Waals surface area contributed by atoms with Crippen LogP contribution in [0.2, 0.25) is 0 Å². The van der Waals surface area contributed by atoms with Crippen molar-refractivity contribution >= 4 is 11.8 Å². The first kappa shape index (κ1) is 18.6. The van der Waals surface area contributed by atoms with E-state index in [1.807, 2.05) is 19.0 Å². The van der Waals surface area contributed by atoms with Gasteiger partial charge in [0, 0.05) is 6.54 Å². The maximum Gasteiger partial charge on any atom is 0.294 e. The minimum absolute atomic E-state index is 0.176. The van der Waals surface area contributed by atoms with Gasteiger partial charge in [0.2, 0.25) is 0 Å². The lowest BCUT2D eigenvalue weighted by Crippen LogP contribution is -2.39. The molecule has 10 heteroatoms. The molecule has 1 unspecified atom stereocenters. The maximum atomic E-state index is 12.4. The third-order valence-electron chi connectivity index (χ3n) is 3.52. The second kappa shape index (κ2) is 7.90. The fourth-order valence-electron chi connectivity index (χ4n) is 2.28. The molecule has 0 bridgehead atoms. The van der Waals surface area contributed by atoms with Crippen LogP contribution >= 0.6 is 0 Å². The van der Waals surface area contributed by atoms with Gasteiger partial charge in [-0.2, -0.15) is 0 Å². The minimum Gasteiger partial charge on any atom is -0.492 e. The number of aliphatic hydroxyl groups excluding tert-OH is 1. The number of aliphatic hydroxyl groups is 1. The van der Waals surface area contributed by atoms with Crippen molar-refractivity contribution in [3.8, 4) is 5.75 Å². The number of fused-ring (bicyclic) bond motifs is 1. The first-order valence-electron chi connectivity index (χ1n) is 7.52. The van der Waals surface area contributed by atoms with E-state index in [4.69, 9.17) is 4.74 Å². The summed E-state index contributed by atoms with van der Waals surface area (Å²) in [7, 11) is 3.81. The van der Waals surface area contributed by atoms with E-state index in [1.165, 1.54) is 12.1 Å². The summed E-state index contributed by atoms with van der Waals surface area (Å²) in [6.07, 6.45) is -1.36. The number of carbonyl (C=O) groups is 2. The zero-order valence-electron chi connectivity index (χ0n) is 13.9. The van der Waals surface area contributed by atoms with Gasteiger partial charge < -0.3 is 19.6 Å². The van der Waals surface area contributed by atoms with E-state index >= 15 is 0 Å². The highest BCUT2D eigenvalue weighted by Crippen LogP contribution is 2.27. The number of β-amino-alcohol motifs (C(OH)–C–C–N with tert-alkyl or cyclic N) is 1. The molecule has 10 nitrogen and oxygen atoms in total. The number of rotatable bonds is 9. The van der Waals surface area contributed by atoms with Crippen LogP contribution in [0.15, 0.2) is 18.2 Å². The molecule has 2 amide bonds. The quantitative estimate of drug-likeness (QED) is 0.368. The zero-order chi connectivity index (χ0) is 18.6. The van der Waals surface area contributed by atoms with Crippen LogP contribution in [0, 0.1) is 10.1 Å². The molecule has 0 saturated carbocycles. The molecule has 0 fully saturated rings. The van der Waals surface area contributed by atoms with Crippen molar-refractivity contribution in [2.45, 2.75) is 6.10 Å². The van der Waals surface area contributed by atoms with Gasteiger partial charge in [-0.1, -0.05) is 0 Å². The monoisotopic (exact) mass is 353 g/mol. The predicted molar refractivity (Wildman–Crippen MR) is 84.8 cm³/mol. The molecule has 0 spiro atoms.